The van der Waals surface area contributed by atoms with Crippen LogP contribution in [0.4, 0.5) is 26.3 Å². The van der Waals surface area contributed by atoms with Crippen molar-refractivity contribution in [1.29, 1.82) is 0 Å². The van der Waals surface area contributed by atoms with E-state index in [1.165, 1.54) is 35.0 Å². The van der Waals surface area contributed by atoms with Gasteiger partial charge in [0.15, 0.2) is 5.43 Å². The number of hydrogen-bond acceptors (Lipinski definition) is 1. The molecule has 152 valence electrons. The minimum absolute atomic E-state index is 0.0226. The zero-order valence-electron chi connectivity index (χ0n) is 14.5. The summed E-state index contributed by atoms with van der Waals surface area (Å²) in [6, 6.07) is 10.2. The molecule has 0 radical (unpaired) electrons. The molecule has 29 heavy (non-hydrogen) atoms. The summed E-state index contributed by atoms with van der Waals surface area (Å²) in [6.07, 6.45) is -8.11. The van der Waals surface area contributed by atoms with Crippen LogP contribution in [0.3, 0.4) is 0 Å². The van der Waals surface area contributed by atoms with Crippen LogP contribution < -0.4 is 5.43 Å². The monoisotopic (exact) mass is 431 g/mol. The Morgan fingerprint density at radius 2 is 1.45 bits per heavy atom. The van der Waals surface area contributed by atoms with Crippen LogP contribution in [-0.4, -0.2) is 4.57 Å². The van der Waals surface area contributed by atoms with E-state index in [0.29, 0.717) is 0 Å². The molecule has 0 fully saturated rings. The van der Waals surface area contributed by atoms with Gasteiger partial charge in [-0.3, -0.25) is 4.79 Å². The molecule has 9 heteroatoms. The number of nitrogens with zero attached hydrogens (tertiary/aromatic N) is 1. The minimum Gasteiger partial charge on any atom is -0.343 e. The minimum atomic E-state index is -4.73. The molecule has 1 heterocycles. The van der Waals surface area contributed by atoms with Gasteiger partial charge in [0.05, 0.1) is 21.8 Å². The topological polar surface area (TPSA) is 22.0 Å². The van der Waals surface area contributed by atoms with Gasteiger partial charge in [-0.15, -0.1) is 0 Å². The Hall–Kier alpha value is -2.74. The molecule has 0 spiro atoms. The van der Waals surface area contributed by atoms with Crippen LogP contribution in [0.1, 0.15) is 16.7 Å². The number of pyridine rings is 1. The summed E-state index contributed by atoms with van der Waals surface area (Å²) in [6.45, 7) is -0.322. The summed E-state index contributed by atoms with van der Waals surface area (Å²) < 4.78 is 80.6. The van der Waals surface area contributed by atoms with Crippen molar-refractivity contribution in [1.82, 2.24) is 4.57 Å². The summed E-state index contributed by atoms with van der Waals surface area (Å²) in [5.74, 6) is 0. The number of rotatable bonds is 3. The van der Waals surface area contributed by atoms with E-state index in [4.69, 9.17) is 11.6 Å². The molecule has 0 atom stereocenters. The molecule has 0 aliphatic rings. The largest absolute Gasteiger partial charge is 0.417 e. The third-order valence-corrected chi connectivity index (χ3v) is 4.66. The molecule has 1 aromatic heterocycles. The number of halogens is 7. The Morgan fingerprint density at radius 3 is 2.10 bits per heavy atom. The number of hydrogen-bond donors (Lipinski definition) is 0. The van der Waals surface area contributed by atoms with E-state index in [1.807, 2.05) is 0 Å². The normalized spacial score (nSPS) is 12.2. The second-order valence-corrected chi connectivity index (χ2v) is 6.57. The van der Waals surface area contributed by atoms with Gasteiger partial charge in [-0.2, -0.15) is 26.3 Å². The first-order valence-corrected chi connectivity index (χ1v) is 8.58. The SMILES string of the molecule is O=c1ccn(Cc2ccccc2C(F)(F)F)c(-c2cccc(C(F)(F)F)c2Cl)c1. The van der Waals surface area contributed by atoms with Crippen molar-refractivity contribution in [3.8, 4) is 11.3 Å². The smallest absolute Gasteiger partial charge is 0.343 e. The predicted octanol–water partition coefficient (Wildman–Crippen LogP) is 6.25. The second kappa shape index (κ2) is 7.59. The standard InChI is InChI=1S/C20H12ClF6NO/c21-18-14(5-3-7-16(18)20(25,26)27)17-10-13(29)8-9-28(17)11-12-4-1-2-6-15(12)19(22,23)24/h1-10H,11H2. The zero-order valence-corrected chi connectivity index (χ0v) is 15.2. The highest BCUT2D eigenvalue weighted by Crippen LogP contribution is 2.40. The fourth-order valence-corrected chi connectivity index (χ4v) is 3.28. The van der Waals surface area contributed by atoms with E-state index in [1.54, 1.807) is 0 Å². The third kappa shape index (κ3) is 4.48. The van der Waals surface area contributed by atoms with E-state index in [0.717, 1.165) is 30.3 Å². The second-order valence-electron chi connectivity index (χ2n) is 6.20. The Bertz CT molecular complexity index is 1100. The molecular weight excluding hydrogens is 420 g/mol. The van der Waals surface area contributed by atoms with Crippen molar-refractivity contribution in [2.24, 2.45) is 0 Å². The lowest BCUT2D eigenvalue weighted by atomic mass is 10.0. The van der Waals surface area contributed by atoms with Crippen LogP contribution in [0.2, 0.25) is 5.02 Å². The molecule has 0 unspecified atom stereocenters. The number of aromatic nitrogens is 1. The Balaban J connectivity index is 2.17. The molecule has 3 rings (SSSR count). The van der Waals surface area contributed by atoms with Crippen LogP contribution in [0.15, 0.2) is 65.6 Å². The van der Waals surface area contributed by atoms with E-state index in [2.05, 4.69) is 0 Å². The lowest BCUT2D eigenvalue weighted by Crippen LogP contribution is -2.15. The molecule has 0 aliphatic carbocycles. The summed E-state index contributed by atoms with van der Waals surface area (Å²) in [4.78, 5) is 11.8. The van der Waals surface area contributed by atoms with Crippen molar-refractivity contribution in [2.75, 3.05) is 0 Å². The first kappa shape index (κ1) is 21.0. The maximum Gasteiger partial charge on any atom is 0.417 e. The molecule has 2 aromatic carbocycles. The van der Waals surface area contributed by atoms with E-state index < -0.39 is 33.9 Å². The molecule has 0 bridgehead atoms. The highest BCUT2D eigenvalue weighted by Gasteiger charge is 2.35. The first-order valence-electron chi connectivity index (χ1n) is 8.20. The van der Waals surface area contributed by atoms with Gasteiger partial charge >= 0.3 is 12.4 Å². The fraction of sp³-hybridized carbons (Fsp3) is 0.150. The fourth-order valence-electron chi connectivity index (χ4n) is 2.95. The molecule has 0 N–H and O–H groups in total. The average molecular weight is 432 g/mol. The van der Waals surface area contributed by atoms with Crippen molar-refractivity contribution in [2.45, 2.75) is 18.9 Å². The van der Waals surface area contributed by atoms with Gasteiger partial charge in [0.25, 0.3) is 0 Å². The Kier molecular flexibility index (Phi) is 5.49. The summed E-state index contributed by atoms with van der Waals surface area (Å²) >= 11 is 5.94. The molecule has 0 amide bonds. The van der Waals surface area contributed by atoms with Crippen molar-refractivity contribution < 1.29 is 26.3 Å². The van der Waals surface area contributed by atoms with Crippen LogP contribution in [0.5, 0.6) is 0 Å². The van der Waals surface area contributed by atoms with E-state index in [9.17, 15) is 31.1 Å². The Morgan fingerprint density at radius 1 is 0.828 bits per heavy atom. The molecule has 0 saturated heterocycles. The summed E-state index contributed by atoms with van der Waals surface area (Å²) in [5, 5.41) is -0.636. The number of alkyl halides is 6. The summed E-state index contributed by atoms with van der Waals surface area (Å²) in [7, 11) is 0. The van der Waals surface area contributed by atoms with E-state index in [-0.39, 0.29) is 23.4 Å². The first-order chi connectivity index (χ1) is 13.5. The van der Waals surface area contributed by atoms with Crippen LogP contribution in [-0.2, 0) is 18.9 Å². The van der Waals surface area contributed by atoms with Gasteiger partial charge in [0.1, 0.15) is 0 Å². The predicted molar refractivity (Wildman–Crippen MR) is 96.7 cm³/mol. The third-order valence-electron chi connectivity index (χ3n) is 4.25. The summed E-state index contributed by atoms with van der Waals surface area (Å²) in [5.41, 5.74) is -2.73. The van der Waals surface area contributed by atoms with Crippen LogP contribution in [0, 0.1) is 0 Å². The van der Waals surface area contributed by atoms with Crippen molar-refractivity contribution in [3.63, 3.8) is 0 Å². The molecular formula is C20H12ClF6NO. The molecule has 0 aliphatic heterocycles. The quantitative estimate of drug-likeness (QED) is 0.449. The van der Waals surface area contributed by atoms with Crippen LogP contribution in [0.25, 0.3) is 11.3 Å². The van der Waals surface area contributed by atoms with Gasteiger partial charge in [-0.05, 0) is 17.7 Å². The Labute approximate surface area is 166 Å². The van der Waals surface area contributed by atoms with E-state index >= 15 is 0 Å². The average Bonchev–Trinajstić information content (AvgIpc) is 2.62. The van der Waals surface area contributed by atoms with Crippen molar-refractivity contribution >= 4 is 11.6 Å². The zero-order chi connectivity index (χ0) is 21.4. The number of benzene rings is 2. The van der Waals surface area contributed by atoms with Gasteiger partial charge < -0.3 is 4.57 Å². The lowest BCUT2D eigenvalue weighted by Gasteiger charge is -2.19. The highest BCUT2D eigenvalue weighted by atomic mass is 35.5. The maximum atomic E-state index is 13.3. The van der Waals surface area contributed by atoms with Gasteiger partial charge in [-0.25, -0.2) is 0 Å². The van der Waals surface area contributed by atoms with Crippen molar-refractivity contribution in [3.05, 3.63) is 92.7 Å². The van der Waals surface area contributed by atoms with Crippen LogP contribution >= 0.6 is 11.6 Å². The maximum absolute atomic E-state index is 13.3. The van der Waals surface area contributed by atoms with Gasteiger partial charge in [0.2, 0.25) is 0 Å². The molecule has 3 aromatic rings. The van der Waals surface area contributed by atoms with Gasteiger partial charge in [-0.1, -0.05) is 41.9 Å². The highest BCUT2D eigenvalue weighted by molar-refractivity contribution is 6.34. The lowest BCUT2D eigenvalue weighted by molar-refractivity contribution is -0.138. The molecule has 2 nitrogen and oxygen atoms in total. The molecule has 0 saturated carbocycles. The van der Waals surface area contributed by atoms with Gasteiger partial charge in [0, 0.05) is 30.4 Å².